The molecule has 1 saturated heterocycles. The van der Waals surface area contributed by atoms with Crippen molar-refractivity contribution in [2.45, 2.75) is 32.1 Å². The van der Waals surface area contributed by atoms with E-state index < -0.39 is 0 Å². The largest absolute Gasteiger partial charge is 0.497 e. The van der Waals surface area contributed by atoms with Crippen LogP contribution in [0.4, 0.5) is 0 Å². The quantitative estimate of drug-likeness (QED) is 0.629. The average molecular weight is 407 g/mol. The number of H-pyrrole nitrogens is 1. The van der Waals surface area contributed by atoms with E-state index in [4.69, 9.17) is 9.47 Å². The molecule has 0 aliphatic carbocycles. The number of carbonyl (C=O) groups is 1. The van der Waals surface area contributed by atoms with Crippen molar-refractivity contribution in [3.05, 3.63) is 59.8 Å². The van der Waals surface area contributed by atoms with Crippen LogP contribution in [-0.2, 0) is 4.79 Å². The minimum Gasteiger partial charge on any atom is -0.497 e. The Bertz CT molecular complexity index is 996. The number of para-hydroxylation sites is 1. The van der Waals surface area contributed by atoms with Crippen LogP contribution in [0.5, 0.6) is 11.5 Å². The topological polar surface area (TPSA) is 54.6 Å². The Labute approximate surface area is 178 Å². The molecule has 1 atom stereocenters. The van der Waals surface area contributed by atoms with Gasteiger partial charge in [0, 0.05) is 48.6 Å². The van der Waals surface area contributed by atoms with Crippen LogP contribution in [0.15, 0.2) is 48.7 Å². The lowest BCUT2D eigenvalue weighted by atomic mass is 9.87. The summed E-state index contributed by atoms with van der Waals surface area (Å²) in [7, 11) is 3.30. The van der Waals surface area contributed by atoms with E-state index in [1.165, 1.54) is 0 Å². The second kappa shape index (κ2) is 8.82. The molecule has 5 nitrogen and oxygen atoms in total. The second-order valence-corrected chi connectivity index (χ2v) is 8.26. The molecular weight excluding hydrogens is 376 g/mol. The van der Waals surface area contributed by atoms with E-state index in [2.05, 4.69) is 24.0 Å². The van der Waals surface area contributed by atoms with Crippen LogP contribution in [0, 0.1) is 5.92 Å². The van der Waals surface area contributed by atoms with Crippen LogP contribution in [-0.4, -0.2) is 43.1 Å². The van der Waals surface area contributed by atoms with Gasteiger partial charge in [-0.25, -0.2) is 0 Å². The second-order valence-electron chi connectivity index (χ2n) is 8.26. The predicted octanol–water partition coefficient (Wildman–Crippen LogP) is 4.97. The van der Waals surface area contributed by atoms with Crippen molar-refractivity contribution in [2.75, 3.05) is 27.3 Å². The number of likely N-dealkylation sites (tertiary alicyclic amines) is 1. The highest BCUT2D eigenvalue weighted by Crippen LogP contribution is 2.37. The Kier molecular flexibility index (Phi) is 5.98. The minimum atomic E-state index is -0.0861. The number of aromatic amines is 1. The summed E-state index contributed by atoms with van der Waals surface area (Å²) < 4.78 is 11.0. The number of piperidine rings is 1. The van der Waals surface area contributed by atoms with Gasteiger partial charge in [0.1, 0.15) is 11.5 Å². The molecule has 30 heavy (non-hydrogen) atoms. The molecule has 2 heterocycles. The maximum atomic E-state index is 13.3. The fraction of sp³-hybridized carbons (Fsp3) is 0.400. The minimum absolute atomic E-state index is 0.0861. The van der Waals surface area contributed by atoms with Gasteiger partial charge in [-0.15, -0.1) is 0 Å². The number of nitrogens with zero attached hydrogens (tertiary/aromatic N) is 1. The van der Waals surface area contributed by atoms with E-state index in [1.807, 2.05) is 41.4 Å². The number of methoxy groups -OCH3 is 2. The van der Waals surface area contributed by atoms with E-state index in [9.17, 15) is 4.79 Å². The van der Waals surface area contributed by atoms with Crippen LogP contribution in [0.3, 0.4) is 0 Å². The van der Waals surface area contributed by atoms with E-state index >= 15 is 0 Å². The molecule has 1 amide bonds. The molecule has 4 rings (SSSR count). The van der Waals surface area contributed by atoms with Gasteiger partial charge in [0.25, 0.3) is 0 Å². The van der Waals surface area contributed by atoms with Crippen LogP contribution < -0.4 is 9.47 Å². The number of amides is 1. The maximum Gasteiger partial charge on any atom is 0.223 e. The fourth-order valence-electron chi connectivity index (χ4n) is 4.38. The monoisotopic (exact) mass is 406 g/mol. The van der Waals surface area contributed by atoms with Crippen LogP contribution >= 0.6 is 0 Å². The summed E-state index contributed by atoms with van der Waals surface area (Å²) >= 11 is 0. The Balaban J connectivity index is 1.73. The smallest absolute Gasteiger partial charge is 0.223 e. The molecule has 2 aromatic carbocycles. The van der Waals surface area contributed by atoms with E-state index in [0.29, 0.717) is 12.3 Å². The van der Waals surface area contributed by atoms with Crippen molar-refractivity contribution in [1.29, 1.82) is 0 Å². The Morgan fingerprint density at radius 2 is 1.77 bits per heavy atom. The zero-order valence-electron chi connectivity index (χ0n) is 18.0. The summed E-state index contributed by atoms with van der Waals surface area (Å²) in [5.74, 6) is 2.28. The van der Waals surface area contributed by atoms with Gasteiger partial charge in [-0.2, -0.15) is 0 Å². The van der Waals surface area contributed by atoms with Crippen molar-refractivity contribution in [3.8, 4) is 11.5 Å². The number of carbonyl (C=O) groups excluding carboxylic acids is 1. The number of nitrogens with one attached hydrogen (secondary N) is 1. The number of fused-ring (bicyclic) bond motifs is 1. The Morgan fingerprint density at radius 1 is 1.10 bits per heavy atom. The summed E-state index contributed by atoms with van der Waals surface area (Å²) in [6, 6.07) is 14.1. The van der Waals surface area contributed by atoms with Crippen molar-refractivity contribution in [1.82, 2.24) is 9.88 Å². The molecule has 1 aromatic heterocycles. The number of aromatic nitrogens is 1. The van der Waals surface area contributed by atoms with Crippen molar-refractivity contribution < 1.29 is 14.3 Å². The Morgan fingerprint density at radius 3 is 2.43 bits per heavy atom. The highest BCUT2D eigenvalue weighted by Gasteiger charge is 2.27. The van der Waals surface area contributed by atoms with E-state index in [0.717, 1.165) is 59.5 Å². The van der Waals surface area contributed by atoms with Gasteiger partial charge >= 0.3 is 0 Å². The first-order valence-corrected chi connectivity index (χ1v) is 10.7. The van der Waals surface area contributed by atoms with Crippen LogP contribution in [0.2, 0.25) is 0 Å². The molecule has 0 radical (unpaired) electrons. The molecule has 0 saturated carbocycles. The fourth-order valence-corrected chi connectivity index (χ4v) is 4.38. The first-order chi connectivity index (χ1) is 14.6. The SMILES string of the molecule is COc1cc(OC)cc(C(CC(=O)N2CCC(C)CC2)c2c[nH]c3ccccc23)c1. The van der Waals surface area contributed by atoms with Crippen LogP contribution in [0.25, 0.3) is 10.9 Å². The molecule has 1 N–H and O–H groups in total. The first kappa shape index (κ1) is 20.3. The van der Waals surface area contributed by atoms with Crippen molar-refractivity contribution in [3.63, 3.8) is 0 Å². The molecule has 1 fully saturated rings. The summed E-state index contributed by atoms with van der Waals surface area (Å²) in [4.78, 5) is 18.7. The summed E-state index contributed by atoms with van der Waals surface area (Å²) in [5, 5.41) is 1.14. The number of hydrogen-bond acceptors (Lipinski definition) is 3. The molecule has 1 unspecified atom stereocenters. The van der Waals surface area contributed by atoms with Gasteiger partial charge < -0.3 is 19.4 Å². The molecule has 0 spiro atoms. The van der Waals surface area contributed by atoms with Gasteiger partial charge in [-0.1, -0.05) is 25.1 Å². The van der Waals surface area contributed by atoms with E-state index in [-0.39, 0.29) is 11.8 Å². The van der Waals surface area contributed by atoms with Gasteiger partial charge in [-0.3, -0.25) is 4.79 Å². The summed E-state index contributed by atoms with van der Waals surface area (Å²) in [6.45, 7) is 3.96. The third kappa shape index (κ3) is 4.16. The molecule has 1 aliphatic rings. The number of rotatable bonds is 6. The zero-order chi connectivity index (χ0) is 21.1. The lowest BCUT2D eigenvalue weighted by Crippen LogP contribution is -2.38. The predicted molar refractivity (Wildman–Crippen MR) is 119 cm³/mol. The van der Waals surface area contributed by atoms with Crippen molar-refractivity contribution >= 4 is 16.8 Å². The van der Waals surface area contributed by atoms with Gasteiger partial charge in [0.15, 0.2) is 0 Å². The zero-order valence-corrected chi connectivity index (χ0v) is 18.0. The number of ether oxygens (including phenoxy) is 2. The molecular formula is C25H30N2O3. The highest BCUT2D eigenvalue weighted by molar-refractivity contribution is 5.86. The summed E-state index contributed by atoms with van der Waals surface area (Å²) in [5.41, 5.74) is 3.22. The Hall–Kier alpha value is -2.95. The highest BCUT2D eigenvalue weighted by atomic mass is 16.5. The van der Waals surface area contributed by atoms with Crippen LogP contribution in [0.1, 0.15) is 43.2 Å². The molecule has 158 valence electrons. The molecule has 0 bridgehead atoms. The normalized spacial score (nSPS) is 15.9. The third-order valence-electron chi connectivity index (χ3n) is 6.29. The molecule has 5 heteroatoms. The number of benzene rings is 2. The average Bonchev–Trinajstić information content (AvgIpc) is 3.21. The third-order valence-corrected chi connectivity index (χ3v) is 6.29. The standard InChI is InChI=1S/C25H30N2O3/c1-17-8-10-27(11-9-17)25(28)15-22(18-12-19(29-2)14-20(13-18)30-3)23-16-26-24-7-5-4-6-21(23)24/h4-7,12-14,16-17,22,26H,8-11,15H2,1-3H3. The first-order valence-electron chi connectivity index (χ1n) is 10.7. The van der Waals surface area contributed by atoms with Gasteiger partial charge in [0.2, 0.25) is 5.91 Å². The van der Waals surface area contributed by atoms with Crippen molar-refractivity contribution in [2.24, 2.45) is 5.92 Å². The number of hydrogen-bond donors (Lipinski definition) is 1. The van der Waals surface area contributed by atoms with Gasteiger partial charge in [-0.05, 0) is 48.1 Å². The van der Waals surface area contributed by atoms with E-state index in [1.54, 1.807) is 14.2 Å². The summed E-state index contributed by atoms with van der Waals surface area (Å²) in [6.07, 6.45) is 4.62. The molecule has 3 aromatic rings. The lowest BCUT2D eigenvalue weighted by Gasteiger charge is -2.31. The lowest BCUT2D eigenvalue weighted by molar-refractivity contribution is -0.132. The van der Waals surface area contributed by atoms with Gasteiger partial charge in [0.05, 0.1) is 14.2 Å². The molecule has 1 aliphatic heterocycles. The maximum absolute atomic E-state index is 13.3.